The lowest BCUT2D eigenvalue weighted by atomic mass is 10.1. The zero-order valence-electron chi connectivity index (χ0n) is 11.4. The van der Waals surface area contributed by atoms with E-state index in [2.05, 4.69) is 48.3 Å². The SMILES string of the molecule is CCNC(C)c1ccc(N(CCO)C2CC2)cc1. The molecule has 1 fully saturated rings. The third kappa shape index (κ3) is 3.24. The minimum absolute atomic E-state index is 0.228. The molecule has 1 aromatic carbocycles. The summed E-state index contributed by atoms with van der Waals surface area (Å²) in [7, 11) is 0. The van der Waals surface area contributed by atoms with E-state index in [0.717, 1.165) is 13.1 Å². The zero-order chi connectivity index (χ0) is 13.0. The molecule has 1 aliphatic carbocycles. The van der Waals surface area contributed by atoms with Crippen LogP contribution in [0.1, 0.15) is 38.3 Å². The van der Waals surface area contributed by atoms with Crippen molar-refractivity contribution in [3.05, 3.63) is 29.8 Å². The predicted molar refractivity (Wildman–Crippen MR) is 76.0 cm³/mol. The van der Waals surface area contributed by atoms with Crippen LogP contribution in [0.5, 0.6) is 0 Å². The second-order valence-electron chi connectivity index (χ2n) is 5.02. The van der Waals surface area contributed by atoms with Gasteiger partial charge in [-0.1, -0.05) is 19.1 Å². The molecule has 3 nitrogen and oxygen atoms in total. The molecule has 0 aliphatic heterocycles. The standard InChI is InChI=1S/C15H24N2O/c1-3-16-12(2)13-4-6-14(7-5-13)17(10-11-18)15-8-9-15/h4-7,12,15-16,18H,3,8-11H2,1-2H3. The van der Waals surface area contributed by atoms with Crippen LogP contribution in [0.2, 0.25) is 0 Å². The first-order chi connectivity index (χ1) is 8.76. The Hall–Kier alpha value is -1.06. The van der Waals surface area contributed by atoms with Crippen LogP contribution >= 0.6 is 0 Å². The number of anilines is 1. The normalized spacial score (nSPS) is 16.6. The Morgan fingerprint density at radius 3 is 2.50 bits per heavy atom. The van der Waals surface area contributed by atoms with Crippen molar-refractivity contribution < 1.29 is 5.11 Å². The number of aliphatic hydroxyl groups is 1. The van der Waals surface area contributed by atoms with Crippen molar-refractivity contribution in [3.63, 3.8) is 0 Å². The molecule has 0 heterocycles. The molecular weight excluding hydrogens is 224 g/mol. The van der Waals surface area contributed by atoms with Gasteiger partial charge in [0.15, 0.2) is 0 Å². The Morgan fingerprint density at radius 2 is 2.00 bits per heavy atom. The van der Waals surface area contributed by atoms with Gasteiger partial charge in [0.25, 0.3) is 0 Å². The summed E-state index contributed by atoms with van der Waals surface area (Å²) in [6, 6.07) is 9.78. The van der Waals surface area contributed by atoms with E-state index in [9.17, 15) is 0 Å². The molecule has 0 radical (unpaired) electrons. The fraction of sp³-hybridized carbons (Fsp3) is 0.600. The van der Waals surface area contributed by atoms with Crippen LogP contribution in [0, 0.1) is 0 Å². The van der Waals surface area contributed by atoms with E-state index in [4.69, 9.17) is 5.11 Å². The van der Waals surface area contributed by atoms with Gasteiger partial charge >= 0.3 is 0 Å². The van der Waals surface area contributed by atoms with Crippen LogP contribution in [0.25, 0.3) is 0 Å². The molecule has 0 bridgehead atoms. The Morgan fingerprint density at radius 1 is 1.33 bits per heavy atom. The first kappa shape index (κ1) is 13.4. The molecule has 0 aromatic heterocycles. The molecular formula is C15H24N2O. The number of hydrogen-bond acceptors (Lipinski definition) is 3. The van der Waals surface area contributed by atoms with E-state index in [1.54, 1.807) is 0 Å². The van der Waals surface area contributed by atoms with Gasteiger partial charge in [-0.15, -0.1) is 0 Å². The summed E-state index contributed by atoms with van der Waals surface area (Å²) in [5.74, 6) is 0. The van der Waals surface area contributed by atoms with Crippen LogP contribution in [-0.4, -0.2) is 30.8 Å². The number of nitrogens with zero attached hydrogens (tertiary/aromatic N) is 1. The summed E-state index contributed by atoms with van der Waals surface area (Å²) in [5, 5.41) is 12.6. The Bertz CT molecular complexity index is 359. The second kappa shape index (κ2) is 6.21. The molecule has 1 unspecified atom stereocenters. The average molecular weight is 248 g/mol. The Kier molecular flexibility index (Phi) is 4.61. The van der Waals surface area contributed by atoms with Crippen molar-refractivity contribution in [1.29, 1.82) is 0 Å². The number of aliphatic hydroxyl groups excluding tert-OH is 1. The van der Waals surface area contributed by atoms with E-state index < -0.39 is 0 Å². The average Bonchev–Trinajstić information content (AvgIpc) is 3.21. The quantitative estimate of drug-likeness (QED) is 0.777. The maximum absolute atomic E-state index is 9.14. The van der Waals surface area contributed by atoms with Crippen molar-refractivity contribution in [2.75, 3.05) is 24.6 Å². The van der Waals surface area contributed by atoms with Crippen molar-refractivity contribution in [3.8, 4) is 0 Å². The summed E-state index contributed by atoms with van der Waals surface area (Å²) in [5.41, 5.74) is 2.55. The highest BCUT2D eigenvalue weighted by molar-refractivity contribution is 5.50. The van der Waals surface area contributed by atoms with Gasteiger partial charge in [0.2, 0.25) is 0 Å². The number of hydrogen-bond donors (Lipinski definition) is 2. The van der Waals surface area contributed by atoms with Gasteiger partial charge in [-0.25, -0.2) is 0 Å². The van der Waals surface area contributed by atoms with Gasteiger partial charge in [-0.2, -0.15) is 0 Å². The van der Waals surface area contributed by atoms with Crippen LogP contribution in [0.4, 0.5) is 5.69 Å². The Balaban J connectivity index is 2.05. The summed E-state index contributed by atoms with van der Waals surface area (Å²) in [6.07, 6.45) is 2.52. The van der Waals surface area contributed by atoms with E-state index in [1.807, 2.05) is 0 Å². The first-order valence-corrected chi connectivity index (χ1v) is 6.97. The third-order valence-electron chi connectivity index (χ3n) is 3.56. The second-order valence-corrected chi connectivity index (χ2v) is 5.02. The largest absolute Gasteiger partial charge is 0.395 e. The molecule has 2 rings (SSSR count). The maximum Gasteiger partial charge on any atom is 0.0606 e. The lowest BCUT2D eigenvalue weighted by molar-refractivity contribution is 0.301. The van der Waals surface area contributed by atoms with Crippen LogP contribution in [0.15, 0.2) is 24.3 Å². The molecule has 0 saturated heterocycles. The molecule has 3 heteroatoms. The fourth-order valence-corrected chi connectivity index (χ4v) is 2.39. The third-order valence-corrected chi connectivity index (χ3v) is 3.56. The Labute approximate surface area is 110 Å². The summed E-state index contributed by atoms with van der Waals surface area (Å²) < 4.78 is 0. The molecule has 0 spiro atoms. The van der Waals surface area contributed by atoms with Crippen LogP contribution < -0.4 is 10.2 Å². The summed E-state index contributed by atoms with van der Waals surface area (Å²) in [6.45, 7) is 6.27. The maximum atomic E-state index is 9.14. The van der Waals surface area contributed by atoms with Gasteiger partial charge in [0.05, 0.1) is 6.61 Å². The molecule has 0 amide bonds. The topological polar surface area (TPSA) is 35.5 Å². The van der Waals surface area contributed by atoms with Gasteiger partial charge in [-0.3, -0.25) is 0 Å². The monoisotopic (exact) mass is 248 g/mol. The fourth-order valence-electron chi connectivity index (χ4n) is 2.39. The summed E-state index contributed by atoms with van der Waals surface area (Å²) >= 11 is 0. The van der Waals surface area contributed by atoms with E-state index >= 15 is 0 Å². The van der Waals surface area contributed by atoms with Gasteiger partial charge in [0, 0.05) is 24.3 Å². The number of nitrogens with one attached hydrogen (secondary N) is 1. The molecule has 18 heavy (non-hydrogen) atoms. The van der Waals surface area contributed by atoms with Gasteiger partial charge in [-0.05, 0) is 44.0 Å². The lowest BCUT2D eigenvalue weighted by Gasteiger charge is -2.24. The highest BCUT2D eigenvalue weighted by atomic mass is 16.3. The zero-order valence-corrected chi connectivity index (χ0v) is 11.4. The van der Waals surface area contributed by atoms with Crippen LogP contribution in [-0.2, 0) is 0 Å². The molecule has 1 aliphatic rings. The number of benzene rings is 1. The first-order valence-electron chi connectivity index (χ1n) is 6.97. The van der Waals surface area contributed by atoms with Gasteiger partial charge < -0.3 is 15.3 Å². The minimum Gasteiger partial charge on any atom is -0.395 e. The molecule has 1 atom stereocenters. The van der Waals surface area contributed by atoms with Crippen molar-refractivity contribution >= 4 is 5.69 Å². The molecule has 1 aromatic rings. The molecule has 100 valence electrons. The van der Waals surface area contributed by atoms with Crippen LogP contribution in [0.3, 0.4) is 0 Å². The lowest BCUT2D eigenvalue weighted by Crippen LogP contribution is -2.28. The molecule has 2 N–H and O–H groups in total. The number of rotatable bonds is 7. The van der Waals surface area contributed by atoms with Crippen molar-refractivity contribution in [2.45, 2.75) is 38.8 Å². The van der Waals surface area contributed by atoms with E-state index in [0.29, 0.717) is 12.1 Å². The highest BCUT2D eigenvalue weighted by Gasteiger charge is 2.28. The summed E-state index contributed by atoms with van der Waals surface area (Å²) in [4.78, 5) is 2.32. The molecule has 1 saturated carbocycles. The highest BCUT2D eigenvalue weighted by Crippen LogP contribution is 2.31. The minimum atomic E-state index is 0.228. The van der Waals surface area contributed by atoms with Crippen molar-refractivity contribution in [2.24, 2.45) is 0 Å². The van der Waals surface area contributed by atoms with Gasteiger partial charge in [0.1, 0.15) is 0 Å². The van der Waals surface area contributed by atoms with E-state index in [-0.39, 0.29) is 6.61 Å². The van der Waals surface area contributed by atoms with E-state index in [1.165, 1.54) is 24.1 Å². The predicted octanol–water partition coefficient (Wildman–Crippen LogP) is 2.32. The smallest absolute Gasteiger partial charge is 0.0606 e. The van der Waals surface area contributed by atoms with Crippen molar-refractivity contribution in [1.82, 2.24) is 5.32 Å².